The quantitative estimate of drug-likeness (QED) is 0.175. The summed E-state index contributed by atoms with van der Waals surface area (Å²) in [4.78, 5) is 44.9. The second-order valence-corrected chi connectivity index (χ2v) is 11.2. The van der Waals surface area contributed by atoms with Crippen molar-refractivity contribution in [2.75, 3.05) is 26.8 Å². The summed E-state index contributed by atoms with van der Waals surface area (Å²) in [5, 5.41) is 4.19. The van der Waals surface area contributed by atoms with Crippen LogP contribution in [0.15, 0.2) is 59.6 Å². The molecule has 2 heterocycles. The first kappa shape index (κ1) is 31.3. The molecule has 0 aliphatic carbocycles. The van der Waals surface area contributed by atoms with E-state index in [2.05, 4.69) is 5.32 Å². The normalized spacial score (nSPS) is 21.2. The largest absolute Gasteiger partial charge is 0.477 e. The Morgan fingerprint density at radius 1 is 1.21 bits per heavy atom. The summed E-state index contributed by atoms with van der Waals surface area (Å²) in [7, 11) is 1.40. The lowest BCUT2D eigenvalue weighted by atomic mass is 9.93. The molecule has 0 bridgehead atoms. The number of carbonyl (C=O) groups is 3. The van der Waals surface area contributed by atoms with Gasteiger partial charge in [-0.25, -0.2) is 15.6 Å². The van der Waals surface area contributed by atoms with Crippen LogP contribution in [0.25, 0.3) is 0 Å². The molecule has 1 saturated heterocycles. The van der Waals surface area contributed by atoms with Crippen LogP contribution < -0.4 is 11.2 Å². The van der Waals surface area contributed by atoms with E-state index >= 15 is 0 Å². The zero-order valence-corrected chi connectivity index (χ0v) is 24.9. The van der Waals surface area contributed by atoms with Crippen LogP contribution in [-0.2, 0) is 36.8 Å². The number of nitrogens with one attached hydrogen (secondary N) is 1. The predicted octanol–water partition coefficient (Wildman–Crippen LogP) is 3.09. The highest BCUT2D eigenvalue weighted by atomic mass is 35.5. The monoisotopic (exact) mass is 599 g/mol. The molecule has 11 nitrogen and oxygen atoms in total. The van der Waals surface area contributed by atoms with Crippen molar-refractivity contribution in [2.45, 2.75) is 63.4 Å². The molecule has 226 valence electrons. The van der Waals surface area contributed by atoms with Gasteiger partial charge >= 0.3 is 12.0 Å². The minimum atomic E-state index is -1.01. The number of nitrogens with zero attached hydrogens (tertiary/aromatic N) is 3. The summed E-state index contributed by atoms with van der Waals surface area (Å²) < 4.78 is 17.5. The van der Waals surface area contributed by atoms with Crippen LogP contribution in [0.5, 0.6) is 0 Å². The molecule has 3 amide bonds. The van der Waals surface area contributed by atoms with Gasteiger partial charge in [0.15, 0.2) is 0 Å². The van der Waals surface area contributed by atoms with Crippen LogP contribution in [0.4, 0.5) is 4.79 Å². The standard InChI is InChI=1S/C30H38ClN5O6/c1-20(40-17-22-9-5-4-6-10-22)26(33-29(39)35(3)32)28(38)36-14-8-13-25(36)27-34-30(19-42-27,18-41-21(2)37)16-23-11-7-12-24(31)15-23/h4-7,9-12,15,20,25-26H,8,13-14,16-19,32H2,1-3H3,(H,33,39)/t20?,25-,26-,30-/m0/s1. The van der Waals surface area contributed by atoms with Crippen LogP contribution in [0.2, 0.25) is 5.02 Å². The van der Waals surface area contributed by atoms with Crippen LogP contribution in [0, 0.1) is 0 Å². The minimum Gasteiger partial charge on any atom is -0.477 e. The first-order valence-electron chi connectivity index (χ1n) is 13.9. The molecule has 1 fully saturated rings. The number of urea groups is 1. The molecule has 2 aliphatic heterocycles. The van der Waals surface area contributed by atoms with Crippen LogP contribution in [-0.4, -0.2) is 84.2 Å². The number of halogens is 1. The highest BCUT2D eigenvalue weighted by Crippen LogP contribution is 2.31. The van der Waals surface area contributed by atoms with Crippen molar-refractivity contribution in [3.63, 3.8) is 0 Å². The lowest BCUT2D eigenvalue weighted by molar-refractivity contribution is -0.143. The van der Waals surface area contributed by atoms with Crippen LogP contribution in [0.3, 0.4) is 0 Å². The highest BCUT2D eigenvalue weighted by Gasteiger charge is 2.45. The number of hydrazine groups is 1. The number of hydrogen-bond donors (Lipinski definition) is 2. The van der Waals surface area contributed by atoms with Gasteiger partial charge < -0.3 is 24.4 Å². The summed E-state index contributed by atoms with van der Waals surface area (Å²) >= 11 is 6.21. The van der Waals surface area contributed by atoms with E-state index in [-0.39, 0.29) is 25.7 Å². The third-order valence-electron chi connectivity index (χ3n) is 7.31. The Morgan fingerprint density at radius 2 is 1.95 bits per heavy atom. The van der Waals surface area contributed by atoms with Gasteiger partial charge in [0.1, 0.15) is 30.8 Å². The first-order valence-corrected chi connectivity index (χ1v) is 14.3. The average molecular weight is 600 g/mol. The average Bonchev–Trinajstić information content (AvgIpc) is 3.61. The summed E-state index contributed by atoms with van der Waals surface area (Å²) in [6, 6.07) is 14.9. The van der Waals surface area contributed by atoms with Gasteiger partial charge in [-0.05, 0) is 43.0 Å². The molecular weight excluding hydrogens is 562 g/mol. The molecule has 0 spiro atoms. The van der Waals surface area contributed by atoms with Gasteiger partial charge in [0.2, 0.25) is 11.8 Å². The molecule has 0 saturated carbocycles. The molecule has 0 radical (unpaired) electrons. The van der Waals surface area contributed by atoms with E-state index in [0.29, 0.717) is 30.3 Å². The SMILES string of the molecule is CC(=O)OC[C@@]1(Cc2cccc(Cl)c2)COC([C@@H]2CCCN2C(=O)[C@@H](NC(=O)N(C)N)C(C)OCc2ccccc2)=N1. The van der Waals surface area contributed by atoms with Crippen molar-refractivity contribution in [1.29, 1.82) is 0 Å². The van der Waals surface area contributed by atoms with Gasteiger partial charge in [-0.1, -0.05) is 54.1 Å². The van der Waals surface area contributed by atoms with Crippen molar-refractivity contribution in [2.24, 2.45) is 10.8 Å². The Balaban J connectivity index is 1.55. The van der Waals surface area contributed by atoms with Gasteiger partial charge in [0, 0.05) is 32.0 Å². The smallest absolute Gasteiger partial charge is 0.332 e. The van der Waals surface area contributed by atoms with Crippen molar-refractivity contribution in [1.82, 2.24) is 15.2 Å². The lowest BCUT2D eigenvalue weighted by Gasteiger charge is -2.32. The number of esters is 1. The topological polar surface area (TPSA) is 136 Å². The number of aliphatic imine (C=N–C) groups is 1. The molecule has 4 atom stereocenters. The van der Waals surface area contributed by atoms with E-state index in [1.54, 1.807) is 17.9 Å². The van der Waals surface area contributed by atoms with Crippen molar-refractivity contribution >= 4 is 35.4 Å². The highest BCUT2D eigenvalue weighted by molar-refractivity contribution is 6.30. The summed E-state index contributed by atoms with van der Waals surface area (Å²) in [6.07, 6.45) is 1.11. The number of nitrogens with two attached hydrogens (primary N) is 1. The fourth-order valence-electron chi connectivity index (χ4n) is 5.13. The van der Waals surface area contributed by atoms with Crippen molar-refractivity contribution < 1.29 is 28.6 Å². The Bertz CT molecular complexity index is 1290. The number of hydrogen-bond acceptors (Lipinski definition) is 8. The fraction of sp³-hybridized carbons (Fsp3) is 0.467. The second-order valence-electron chi connectivity index (χ2n) is 10.8. The molecule has 0 aromatic heterocycles. The van der Waals surface area contributed by atoms with Gasteiger partial charge in [-0.3, -0.25) is 14.6 Å². The number of likely N-dealkylation sites (tertiary alicyclic amines) is 1. The van der Waals surface area contributed by atoms with E-state index in [1.165, 1.54) is 14.0 Å². The number of rotatable bonds is 11. The Kier molecular flexibility index (Phi) is 10.4. The van der Waals surface area contributed by atoms with Gasteiger partial charge in [0.25, 0.3) is 0 Å². The number of ether oxygens (including phenoxy) is 3. The third kappa shape index (κ3) is 7.99. The molecule has 4 rings (SSSR count). The van der Waals surface area contributed by atoms with Gasteiger partial charge in [-0.15, -0.1) is 0 Å². The van der Waals surface area contributed by atoms with Crippen LogP contribution >= 0.6 is 11.6 Å². The van der Waals surface area contributed by atoms with E-state index in [1.807, 2.05) is 48.5 Å². The summed E-state index contributed by atoms with van der Waals surface area (Å²) in [5.74, 6) is 5.30. The van der Waals surface area contributed by atoms with Crippen molar-refractivity contribution in [3.05, 3.63) is 70.7 Å². The van der Waals surface area contributed by atoms with Gasteiger partial charge in [0.05, 0.1) is 12.7 Å². The fourth-order valence-corrected chi connectivity index (χ4v) is 5.35. The van der Waals surface area contributed by atoms with E-state index in [9.17, 15) is 14.4 Å². The molecule has 1 unspecified atom stereocenters. The maximum absolute atomic E-state index is 14.0. The maximum atomic E-state index is 14.0. The zero-order valence-electron chi connectivity index (χ0n) is 24.1. The summed E-state index contributed by atoms with van der Waals surface area (Å²) in [6.45, 7) is 4.00. The third-order valence-corrected chi connectivity index (χ3v) is 7.55. The molecule has 3 N–H and O–H groups in total. The maximum Gasteiger partial charge on any atom is 0.332 e. The Morgan fingerprint density at radius 3 is 2.64 bits per heavy atom. The molecular formula is C30H38ClN5O6. The zero-order chi connectivity index (χ0) is 30.3. The van der Waals surface area contributed by atoms with Gasteiger partial charge in [-0.2, -0.15) is 0 Å². The number of benzene rings is 2. The summed E-state index contributed by atoms with van der Waals surface area (Å²) in [5.41, 5.74) is 0.986. The molecule has 2 aliphatic rings. The minimum absolute atomic E-state index is 0.0187. The molecule has 2 aromatic rings. The van der Waals surface area contributed by atoms with Crippen LogP contribution in [0.1, 0.15) is 37.8 Å². The Labute approximate surface area is 250 Å². The molecule has 42 heavy (non-hydrogen) atoms. The lowest BCUT2D eigenvalue weighted by Crippen LogP contribution is -2.58. The first-order chi connectivity index (χ1) is 20.1. The van der Waals surface area contributed by atoms with E-state index in [4.69, 9.17) is 36.6 Å². The van der Waals surface area contributed by atoms with E-state index in [0.717, 1.165) is 22.6 Å². The predicted molar refractivity (Wildman–Crippen MR) is 158 cm³/mol. The molecule has 12 heteroatoms. The molecule has 2 aromatic carbocycles. The van der Waals surface area contributed by atoms with E-state index < -0.39 is 35.7 Å². The number of amides is 3. The van der Waals surface area contributed by atoms with Crippen molar-refractivity contribution in [3.8, 4) is 0 Å². The second kappa shape index (κ2) is 14.0. The number of carbonyl (C=O) groups excluding carboxylic acids is 3. The Hall–Kier alpha value is -3.67.